The summed E-state index contributed by atoms with van der Waals surface area (Å²) in [5, 5.41) is 20.3. The number of benzene rings is 1. The van der Waals surface area contributed by atoms with Gasteiger partial charge in [-0.05, 0) is 75.1 Å². The van der Waals surface area contributed by atoms with E-state index in [1.807, 2.05) is 13.0 Å². The molecule has 0 radical (unpaired) electrons. The fraction of sp³-hybridized carbons (Fsp3) is 0.640. The molecule has 1 aromatic rings. The molecule has 1 fully saturated rings. The molecular formula is C25H32FN3O2. The average molecular weight is 426 g/mol. The number of aliphatic imine (C=N–C) groups is 1. The predicted molar refractivity (Wildman–Crippen MR) is 117 cm³/mol. The van der Waals surface area contributed by atoms with Gasteiger partial charge in [-0.3, -0.25) is 14.7 Å². The number of aliphatic hydroxyl groups is 1. The smallest absolute Gasteiger partial charge is 0.261 e. The number of rotatable bonds is 3. The zero-order valence-electron chi connectivity index (χ0n) is 19.1. The minimum absolute atomic E-state index is 0.0234. The van der Waals surface area contributed by atoms with Crippen LogP contribution in [0.25, 0.3) is 0 Å². The maximum atomic E-state index is 14.6. The number of nitriles is 1. The summed E-state index contributed by atoms with van der Waals surface area (Å²) in [6.45, 7) is 8.78. The number of nitrogens with zero attached hydrogens (tertiary/aromatic N) is 3. The van der Waals surface area contributed by atoms with E-state index >= 15 is 0 Å². The first-order valence-corrected chi connectivity index (χ1v) is 11.3. The van der Waals surface area contributed by atoms with Gasteiger partial charge in [0, 0.05) is 5.41 Å². The SMILES string of the molecule is CC[C@@H]1C[C@@]2(Cc3ccc(C#N)cc3[C@]23N=C(C)N(CC(C)(C)F)C3=O)C[C@H](C)[C@H]1O. The van der Waals surface area contributed by atoms with E-state index < -0.39 is 22.7 Å². The number of carbonyl (C=O) groups excluding carboxylic acids is 1. The molecule has 0 bridgehead atoms. The van der Waals surface area contributed by atoms with Gasteiger partial charge in [-0.1, -0.05) is 26.3 Å². The van der Waals surface area contributed by atoms with Crippen molar-refractivity contribution in [2.75, 3.05) is 6.54 Å². The van der Waals surface area contributed by atoms with E-state index in [9.17, 15) is 19.6 Å². The van der Waals surface area contributed by atoms with Crippen molar-refractivity contribution in [2.45, 2.75) is 77.6 Å². The molecule has 1 saturated carbocycles. The molecule has 5 nitrogen and oxygen atoms in total. The molecule has 0 saturated heterocycles. The van der Waals surface area contributed by atoms with Gasteiger partial charge in [0.2, 0.25) is 0 Å². The van der Waals surface area contributed by atoms with Crippen LogP contribution >= 0.6 is 0 Å². The molecule has 6 heteroatoms. The number of alkyl halides is 1. The third-order valence-electron chi connectivity index (χ3n) is 7.69. The topological polar surface area (TPSA) is 76.7 Å². The van der Waals surface area contributed by atoms with E-state index in [-0.39, 0.29) is 24.3 Å². The first kappa shape index (κ1) is 22.0. The van der Waals surface area contributed by atoms with Crippen LogP contribution in [-0.2, 0) is 16.8 Å². The molecule has 1 aliphatic heterocycles. The van der Waals surface area contributed by atoms with Gasteiger partial charge in [0.15, 0.2) is 5.54 Å². The molecule has 0 aromatic heterocycles. The molecular weight excluding hydrogens is 393 g/mol. The van der Waals surface area contributed by atoms with E-state index in [1.54, 1.807) is 19.1 Å². The number of halogens is 1. The molecule has 1 heterocycles. The number of hydrogen-bond donors (Lipinski definition) is 1. The number of amidine groups is 1. The Kier molecular flexibility index (Phi) is 5.05. The van der Waals surface area contributed by atoms with E-state index in [4.69, 9.17) is 4.99 Å². The number of amides is 1. The van der Waals surface area contributed by atoms with Gasteiger partial charge < -0.3 is 5.11 Å². The van der Waals surface area contributed by atoms with E-state index in [0.717, 1.165) is 17.5 Å². The van der Waals surface area contributed by atoms with E-state index in [2.05, 4.69) is 13.0 Å². The quantitative estimate of drug-likeness (QED) is 0.791. The van der Waals surface area contributed by atoms with Crippen LogP contribution < -0.4 is 0 Å². The fourth-order valence-corrected chi connectivity index (χ4v) is 6.42. The van der Waals surface area contributed by atoms with Crippen molar-refractivity contribution in [2.24, 2.45) is 22.2 Å². The Bertz CT molecular complexity index is 991. The number of carbonyl (C=O) groups is 1. The Labute approximate surface area is 184 Å². The summed E-state index contributed by atoms with van der Waals surface area (Å²) >= 11 is 0. The third kappa shape index (κ3) is 3.12. The second kappa shape index (κ2) is 7.13. The molecule has 0 unspecified atom stereocenters. The summed E-state index contributed by atoms with van der Waals surface area (Å²) in [5.74, 6) is 0.427. The lowest BCUT2D eigenvalue weighted by molar-refractivity contribution is -0.142. The van der Waals surface area contributed by atoms with Crippen molar-refractivity contribution < 1.29 is 14.3 Å². The largest absolute Gasteiger partial charge is 0.393 e. The lowest BCUT2D eigenvalue weighted by Gasteiger charge is -2.50. The van der Waals surface area contributed by atoms with Crippen LogP contribution in [0.4, 0.5) is 4.39 Å². The highest BCUT2D eigenvalue weighted by Crippen LogP contribution is 2.64. The number of fused-ring (bicyclic) bond motifs is 3. The minimum Gasteiger partial charge on any atom is -0.393 e. The van der Waals surface area contributed by atoms with Crippen molar-refractivity contribution in [3.63, 3.8) is 0 Å². The Morgan fingerprint density at radius 3 is 2.71 bits per heavy atom. The highest BCUT2D eigenvalue weighted by Gasteiger charge is 2.68. The molecule has 4 rings (SSSR count). The van der Waals surface area contributed by atoms with Gasteiger partial charge in [0.05, 0.1) is 24.3 Å². The van der Waals surface area contributed by atoms with Gasteiger partial charge in [0.25, 0.3) is 5.91 Å². The summed E-state index contributed by atoms with van der Waals surface area (Å²) in [4.78, 5) is 20.7. The normalized spacial score (nSPS) is 34.9. The molecule has 2 aliphatic carbocycles. The lowest BCUT2D eigenvalue weighted by Crippen LogP contribution is -2.56. The Morgan fingerprint density at radius 2 is 2.10 bits per heavy atom. The van der Waals surface area contributed by atoms with E-state index in [1.165, 1.54) is 18.7 Å². The van der Waals surface area contributed by atoms with Gasteiger partial charge in [-0.15, -0.1) is 0 Å². The summed E-state index contributed by atoms with van der Waals surface area (Å²) in [6.07, 6.45) is 2.43. The van der Waals surface area contributed by atoms with Crippen LogP contribution in [0.2, 0.25) is 0 Å². The third-order valence-corrected chi connectivity index (χ3v) is 7.69. The summed E-state index contributed by atoms with van der Waals surface area (Å²) < 4.78 is 14.6. The van der Waals surface area contributed by atoms with Gasteiger partial charge >= 0.3 is 0 Å². The maximum Gasteiger partial charge on any atom is 0.261 e. The predicted octanol–water partition coefficient (Wildman–Crippen LogP) is 4.12. The highest BCUT2D eigenvalue weighted by atomic mass is 19.1. The molecule has 3 aliphatic rings. The Balaban J connectivity index is 1.92. The highest BCUT2D eigenvalue weighted by molar-refractivity contribution is 6.09. The first-order chi connectivity index (χ1) is 14.5. The van der Waals surface area contributed by atoms with E-state index in [0.29, 0.717) is 30.7 Å². The summed E-state index contributed by atoms with van der Waals surface area (Å²) in [6, 6.07) is 7.74. The van der Waals surface area contributed by atoms with Gasteiger partial charge in [-0.25, -0.2) is 4.39 Å². The van der Waals surface area contributed by atoms with Crippen LogP contribution in [0, 0.1) is 28.6 Å². The second-order valence-electron chi connectivity index (χ2n) is 10.5. The van der Waals surface area contributed by atoms with Crippen LogP contribution in [0.1, 0.15) is 70.6 Å². The first-order valence-electron chi connectivity index (χ1n) is 11.3. The van der Waals surface area contributed by atoms with Crippen LogP contribution in [0.5, 0.6) is 0 Å². The average Bonchev–Trinajstić information content (AvgIpc) is 3.10. The van der Waals surface area contributed by atoms with Crippen LogP contribution in [0.3, 0.4) is 0 Å². The fourth-order valence-electron chi connectivity index (χ4n) is 6.42. The van der Waals surface area contributed by atoms with Crippen molar-refractivity contribution >= 4 is 11.7 Å². The molecule has 166 valence electrons. The van der Waals surface area contributed by atoms with Crippen molar-refractivity contribution in [3.05, 3.63) is 34.9 Å². The lowest BCUT2D eigenvalue weighted by atomic mass is 9.56. The van der Waals surface area contributed by atoms with Gasteiger partial charge in [0.1, 0.15) is 11.5 Å². The minimum atomic E-state index is -1.55. The second-order valence-corrected chi connectivity index (χ2v) is 10.5. The Hall–Kier alpha value is -2.26. The Morgan fingerprint density at radius 1 is 1.39 bits per heavy atom. The summed E-state index contributed by atoms with van der Waals surface area (Å²) in [7, 11) is 0. The molecule has 31 heavy (non-hydrogen) atoms. The zero-order valence-corrected chi connectivity index (χ0v) is 19.1. The van der Waals surface area contributed by atoms with Crippen molar-refractivity contribution in [1.29, 1.82) is 5.26 Å². The maximum absolute atomic E-state index is 14.6. The van der Waals surface area contributed by atoms with Crippen LogP contribution in [0.15, 0.2) is 23.2 Å². The molecule has 1 N–H and O–H groups in total. The number of aliphatic hydroxyl groups excluding tert-OH is 1. The molecule has 5 atom stereocenters. The molecule has 2 spiro atoms. The molecule has 1 amide bonds. The summed E-state index contributed by atoms with van der Waals surface area (Å²) in [5.41, 5.74) is -0.889. The standard InChI is InChI=1S/C25H32FN3O2/c1-6-18-11-24(10-15(2)21(18)30)12-19-8-7-17(13-27)9-20(19)25(24)22(31)29(16(3)28-25)14-23(4,5)26/h7-9,15,18,21,30H,6,10-12,14H2,1-5H3/t15-,18+,21+,24+,25+/m0/s1. The zero-order chi connectivity index (χ0) is 22.8. The van der Waals surface area contributed by atoms with Crippen LogP contribution in [-0.4, -0.2) is 40.1 Å². The number of hydrogen-bond acceptors (Lipinski definition) is 4. The van der Waals surface area contributed by atoms with Gasteiger partial charge in [-0.2, -0.15) is 5.26 Å². The molecule has 1 aromatic carbocycles. The monoisotopic (exact) mass is 425 g/mol. The van der Waals surface area contributed by atoms with Crippen molar-refractivity contribution in [3.8, 4) is 6.07 Å². The van der Waals surface area contributed by atoms with Crippen molar-refractivity contribution in [1.82, 2.24) is 4.90 Å².